The maximum absolute atomic E-state index is 13.0. The Balaban J connectivity index is 2.19. The molecule has 1 aliphatic rings. The van der Waals surface area contributed by atoms with Gasteiger partial charge in [0.25, 0.3) is 5.92 Å². The summed E-state index contributed by atoms with van der Waals surface area (Å²) in [5, 5.41) is 0. The van der Waals surface area contributed by atoms with E-state index in [2.05, 4.69) is 9.47 Å². The van der Waals surface area contributed by atoms with Gasteiger partial charge < -0.3 is 14.2 Å². The van der Waals surface area contributed by atoms with Crippen LogP contribution < -0.4 is 0 Å². The van der Waals surface area contributed by atoms with Crippen molar-refractivity contribution < 1.29 is 27.8 Å². The molecule has 88 valence electrons. The number of alkyl halides is 2. The zero-order valence-electron chi connectivity index (χ0n) is 8.66. The molecule has 1 fully saturated rings. The molecule has 0 aromatic heterocycles. The number of carbonyl (C=O) groups is 1. The lowest BCUT2D eigenvalue weighted by molar-refractivity contribution is -0.116. The fraction of sp³-hybridized carbons (Fsp3) is 0.889. The van der Waals surface area contributed by atoms with Gasteiger partial charge in [-0.1, -0.05) is 13.8 Å². The third-order valence-corrected chi connectivity index (χ3v) is 2.09. The second-order valence-electron chi connectivity index (χ2n) is 3.73. The fourth-order valence-electron chi connectivity index (χ4n) is 0.940. The Labute approximate surface area is 86.5 Å². The maximum atomic E-state index is 13.0. The Morgan fingerprint density at radius 2 is 2.27 bits per heavy atom. The van der Waals surface area contributed by atoms with Crippen molar-refractivity contribution in [3.05, 3.63) is 0 Å². The summed E-state index contributed by atoms with van der Waals surface area (Å²) < 4.78 is 39.9. The van der Waals surface area contributed by atoms with E-state index in [1.54, 1.807) is 0 Å². The van der Waals surface area contributed by atoms with Crippen molar-refractivity contribution in [2.45, 2.75) is 25.9 Å². The van der Waals surface area contributed by atoms with Crippen LogP contribution in [0.15, 0.2) is 0 Å². The number of hydrogen-bond acceptors (Lipinski definition) is 4. The first-order chi connectivity index (χ1) is 6.92. The van der Waals surface area contributed by atoms with Crippen LogP contribution >= 0.6 is 0 Å². The lowest BCUT2D eigenvalue weighted by Crippen LogP contribution is -2.32. The van der Waals surface area contributed by atoms with Gasteiger partial charge in [-0.15, -0.1) is 0 Å². The van der Waals surface area contributed by atoms with Gasteiger partial charge in [0.15, 0.2) is 6.10 Å². The second-order valence-corrected chi connectivity index (χ2v) is 3.73. The smallest absolute Gasteiger partial charge is 0.430 e. The Kier molecular flexibility index (Phi) is 3.84. The predicted molar refractivity (Wildman–Crippen MR) is 46.8 cm³/mol. The lowest BCUT2D eigenvalue weighted by Gasteiger charge is -2.20. The van der Waals surface area contributed by atoms with Crippen molar-refractivity contribution in [3.63, 3.8) is 0 Å². The molecular formula is C9H14F2O4. The molecule has 0 N–H and O–H groups in total. The monoisotopic (exact) mass is 224 g/mol. The summed E-state index contributed by atoms with van der Waals surface area (Å²) in [5.41, 5.74) is 0. The van der Waals surface area contributed by atoms with E-state index in [4.69, 9.17) is 4.74 Å². The molecule has 0 bridgehead atoms. The van der Waals surface area contributed by atoms with Crippen molar-refractivity contribution in [2.24, 2.45) is 5.92 Å². The van der Waals surface area contributed by atoms with Gasteiger partial charge in [0, 0.05) is 5.92 Å². The molecule has 0 spiro atoms. The van der Waals surface area contributed by atoms with Crippen LogP contribution in [0, 0.1) is 5.92 Å². The summed E-state index contributed by atoms with van der Waals surface area (Å²) in [6.07, 6.45) is -1.35. The first kappa shape index (κ1) is 12.2. The van der Waals surface area contributed by atoms with E-state index in [9.17, 15) is 13.6 Å². The van der Waals surface area contributed by atoms with Gasteiger partial charge in [0.05, 0.1) is 6.61 Å². The first-order valence-corrected chi connectivity index (χ1v) is 4.71. The van der Waals surface area contributed by atoms with Crippen LogP contribution in [-0.4, -0.2) is 38.0 Å². The van der Waals surface area contributed by atoms with Crippen molar-refractivity contribution >= 4 is 6.16 Å². The summed E-state index contributed by atoms with van der Waals surface area (Å²) in [4.78, 5) is 10.5. The Hall–Kier alpha value is -0.910. The summed E-state index contributed by atoms with van der Waals surface area (Å²) in [6, 6.07) is 0. The highest BCUT2D eigenvalue weighted by Crippen LogP contribution is 2.24. The van der Waals surface area contributed by atoms with Gasteiger partial charge in [-0.3, -0.25) is 0 Å². The van der Waals surface area contributed by atoms with Gasteiger partial charge >= 0.3 is 6.16 Å². The van der Waals surface area contributed by atoms with Crippen LogP contribution in [0.25, 0.3) is 0 Å². The van der Waals surface area contributed by atoms with Crippen LogP contribution in [0.4, 0.5) is 13.6 Å². The molecule has 1 atom stereocenters. The number of hydrogen-bond donors (Lipinski definition) is 0. The molecular weight excluding hydrogens is 210 g/mol. The highest BCUT2D eigenvalue weighted by molar-refractivity contribution is 5.61. The zero-order valence-corrected chi connectivity index (χ0v) is 8.66. The normalized spacial score (nSPS) is 21.7. The first-order valence-electron chi connectivity index (χ1n) is 4.71. The molecule has 1 heterocycles. The number of halogens is 2. The molecule has 1 unspecified atom stereocenters. The van der Waals surface area contributed by atoms with Gasteiger partial charge in [-0.2, -0.15) is 0 Å². The second kappa shape index (κ2) is 4.74. The van der Waals surface area contributed by atoms with E-state index < -0.39 is 30.7 Å². The predicted octanol–water partition coefficient (Wildman–Crippen LogP) is 1.83. The summed E-state index contributed by atoms with van der Waals surface area (Å²) in [7, 11) is 0. The molecule has 1 aliphatic heterocycles. The van der Waals surface area contributed by atoms with Crippen LogP contribution in [-0.2, 0) is 14.2 Å². The highest BCUT2D eigenvalue weighted by atomic mass is 19.3. The molecule has 0 aromatic rings. The average molecular weight is 224 g/mol. The average Bonchev–Trinajstić information content (AvgIpc) is 2.51. The van der Waals surface area contributed by atoms with E-state index in [0.29, 0.717) is 0 Å². The van der Waals surface area contributed by atoms with Crippen LogP contribution in [0.2, 0.25) is 0 Å². The van der Waals surface area contributed by atoms with Crippen molar-refractivity contribution in [3.8, 4) is 0 Å². The molecule has 1 rings (SSSR count). The number of cyclic esters (lactones) is 2. The highest BCUT2D eigenvalue weighted by Gasteiger charge is 2.34. The van der Waals surface area contributed by atoms with Crippen LogP contribution in [0.5, 0.6) is 0 Å². The molecule has 0 radical (unpaired) electrons. The number of carbonyl (C=O) groups excluding carboxylic acids is 1. The summed E-state index contributed by atoms with van der Waals surface area (Å²) in [6.45, 7) is 2.17. The molecule has 4 nitrogen and oxygen atoms in total. The molecule has 1 saturated heterocycles. The van der Waals surface area contributed by atoms with E-state index in [1.165, 1.54) is 13.8 Å². The standard InChI is InChI=1S/C9H14F2O4/c1-6(2)9(10,11)5-13-3-7-4-14-8(12)15-7/h6-7H,3-5H2,1-2H3. The van der Waals surface area contributed by atoms with Crippen molar-refractivity contribution in [2.75, 3.05) is 19.8 Å². The molecule has 6 heteroatoms. The lowest BCUT2D eigenvalue weighted by atomic mass is 10.1. The molecule has 0 aromatic carbocycles. The Morgan fingerprint density at radius 1 is 1.60 bits per heavy atom. The zero-order chi connectivity index (χ0) is 11.5. The largest absolute Gasteiger partial charge is 0.508 e. The topological polar surface area (TPSA) is 44.8 Å². The van der Waals surface area contributed by atoms with Gasteiger partial charge in [-0.25, -0.2) is 13.6 Å². The van der Waals surface area contributed by atoms with Crippen LogP contribution in [0.3, 0.4) is 0 Å². The molecule has 0 aliphatic carbocycles. The van der Waals surface area contributed by atoms with Gasteiger partial charge in [-0.05, 0) is 0 Å². The van der Waals surface area contributed by atoms with Gasteiger partial charge in [0.1, 0.15) is 13.2 Å². The van der Waals surface area contributed by atoms with E-state index in [0.717, 1.165) is 0 Å². The molecule has 0 saturated carbocycles. The molecule has 15 heavy (non-hydrogen) atoms. The van der Waals surface area contributed by atoms with E-state index >= 15 is 0 Å². The third kappa shape index (κ3) is 3.62. The SMILES string of the molecule is CC(C)C(F)(F)COCC1COC(=O)O1. The fourth-order valence-corrected chi connectivity index (χ4v) is 0.940. The van der Waals surface area contributed by atoms with E-state index in [-0.39, 0.29) is 13.2 Å². The van der Waals surface area contributed by atoms with Crippen molar-refractivity contribution in [1.82, 2.24) is 0 Å². The molecule has 0 amide bonds. The summed E-state index contributed by atoms with van der Waals surface area (Å²) in [5.74, 6) is -3.64. The minimum atomic E-state index is -2.86. The van der Waals surface area contributed by atoms with Gasteiger partial charge in [0.2, 0.25) is 0 Å². The van der Waals surface area contributed by atoms with Crippen LogP contribution in [0.1, 0.15) is 13.8 Å². The van der Waals surface area contributed by atoms with Crippen molar-refractivity contribution in [1.29, 1.82) is 0 Å². The third-order valence-electron chi connectivity index (χ3n) is 2.09. The Bertz CT molecular complexity index is 230. The number of ether oxygens (including phenoxy) is 3. The quantitative estimate of drug-likeness (QED) is 0.668. The Morgan fingerprint density at radius 3 is 2.73 bits per heavy atom. The maximum Gasteiger partial charge on any atom is 0.508 e. The number of rotatable bonds is 5. The minimum absolute atomic E-state index is 0.0615. The minimum Gasteiger partial charge on any atom is -0.430 e. The summed E-state index contributed by atoms with van der Waals surface area (Å²) >= 11 is 0. The van der Waals surface area contributed by atoms with E-state index in [1.807, 2.05) is 0 Å².